The van der Waals surface area contributed by atoms with E-state index in [1.807, 2.05) is 0 Å². The number of sulfonamides is 1. The van der Waals surface area contributed by atoms with Crippen molar-refractivity contribution in [2.45, 2.75) is 33.2 Å². The lowest BCUT2D eigenvalue weighted by atomic mass is 10.2. The Morgan fingerprint density at radius 1 is 1.27 bits per heavy atom. The van der Waals surface area contributed by atoms with Crippen molar-refractivity contribution in [3.63, 3.8) is 0 Å². The first-order valence-electron chi connectivity index (χ1n) is 7.02. The van der Waals surface area contributed by atoms with Gasteiger partial charge in [-0.15, -0.1) is 0 Å². The topological polar surface area (TPSA) is 95.6 Å². The van der Waals surface area contributed by atoms with Gasteiger partial charge in [-0.05, 0) is 51.0 Å². The molecule has 9 heteroatoms. The van der Waals surface area contributed by atoms with Crippen LogP contribution in [-0.4, -0.2) is 35.2 Å². The molecule has 1 aliphatic rings. The summed E-state index contributed by atoms with van der Waals surface area (Å²) in [7, 11) is -6.88. The zero-order chi connectivity index (χ0) is 16.5. The lowest BCUT2D eigenvalue weighted by molar-refractivity contribution is 0.575. The Hall–Kier alpha value is -1.32. The minimum absolute atomic E-state index is 0.152. The predicted octanol–water partition coefficient (Wildman–Crippen LogP) is 1.19. The van der Waals surface area contributed by atoms with Gasteiger partial charge in [-0.1, -0.05) is 0 Å². The molecule has 22 heavy (non-hydrogen) atoms. The van der Waals surface area contributed by atoms with Crippen LogP contribution in [0.4, 0.5) is 11.4 Å². The summed E-state index contributed by atoms with van der Waals surface area (Å²) in [5.41, 5.74) is 1.69. The molecular weight excluding hydrogens is 326 g/mol. The molecule has 1 aromatic carbocycles. The van der Waals surface area contributed by atoms with Crippen LogP contribution in [0.5, 0.6) is 0 Å². The summed E-state index contributed by atoms with van der Waals surface area (Å²) >= 11 is 0. The van der Waals surface area contributed by atoms with Crippen LogP contribution in [0.1, 0.15) is 25.8 Å². The number of nitrogens with zero attached hydrogens (tertiary/aromatic N) is 1. The lowest BCUT2D eigenvalue weighted by Gasteiger charge is -2.20. The van der Waals surface area contributed by atoms with Crippen LogP contribution in [0.25, 0.3) is 0 Å². The fourth-order valence-corrected chi connectivity index (χ4v) is 5.15. The predicted molar refractivity (Wildman–Crippen MR) is 87.7 cm³/mol. The molecule has 1 aliphatic heterocycles. The van der Waals surface area contributed by atoms with Crippen molar-refractivity contribution in [3.8, 4) is 0 Å². The average Bonchev–Trinajstić information content (AvgIpc) is 2.66. The van der Waals surface area contributed by atoms with Gasteiger partial charge in [0.1, 0.15) is 0 Å². The van der Waals surface area contributed by atoms with Crippen molar-refractivity contribution in [2.75, 3.05) is 21.3 Å². The molecular formula is C13H21N3O4S2. The van der Waals surface area contributed by atoms with Crippen LogP contribution in [0, 0.1) is 6.92 Å². The molecule has 2 N–H and O–H groups in total. The van der Waals surface area contributed by atoms with Crippen molar-refractivity contribution < 1.29 is 16.8 Å². The van der Waals surface area contributed by atoms with Crippen molar-refractivity contribution >= 4 is 31.6 Å². The van der Waals surface area contributed by atoms with Gasteiger partial charge in [0.15, 0.2) is 0 Å². The number of nitrogens with one attached hydrogen (secondary N) is 2. The summed E-state index contributed by atoms with van der Waals surface area (Å²) in [6, 6.07) is 4.61. The highest BCUT2D eigenvalue weighted by Gasteiger charge is 2.29. The highest BCUT2D eigenvalue weighted by molar-refractivity contribution is 7.93. The van der Waals surface area contributed by atoms with Crippen LogP contribution in [0.2, 0.25) is 0 Å². The first-order chi connectivity index (χ1) is 10.1. The number of anilines is 2. The number of rotatable bonds is 5. The second-order valence-corrected chi connectivity index (χ2v) is 9.08. The molecule has 0 aromatic heterocycles. The Morgan fingerprint density at radius 2 is 1.95 bits per heavy atom. The quantitative estimate of drug-likeness (QED) is 0.836. The Kier molecular flexibility index (Phi) is 4.69. The van der Waals surface area contributed by atoms with Gasteiger partial charge < -0.3 is 0 Å². The third-order valence-electron chi connectivity index (χ3n) is 3.21. The molecule has 1 fully saturated rings. The SMILES string of the molecule is Cc1cc(NS(=O)(=O)NC(C)C)ccc1N1CCCS1(=O)=O. The van der Waals surface area contributed by atoms with Crippen LogP contribution in [0.15, 0.2) is 18.2 Å². The van der Waals surface area contributed by atoms with Gasteiger partial charge in [-0.3, -0.25) is 9.03 Å². The molecule has 0 bridgehead atoms. The van der Waals surface area contributed by atoms with E-state index in [-0.39, 0.29) is 11.8 Å². The van der Waals surface area contributed by atoms with E-state index >= 15 is 0 Å². The van der Waals surface area contributed by atoms with Gasteiger partial charge in [0.05, 0.1) is 17.1 Å². The van der Waals surface area contributed by atoms with E-state index in [1.54, 1.807) is 39.0 Å². The highest BCUT2D eigenvalue weighted by atomic mass is 32.2. The molecule has 7 nitrogen and oxygen atoms in total. The summed E-state index contributed by atoms with van der Waals surface area (Å²) in [5.74, 6) is 0.152. The van der Waals surface area contributed by atoms with E-state index in [1.165, 1.54) is 4.31 Å². The second-order valence-electron chi connectivity index (χ2n) is 5.62. The first kappa shape index (κ1) is 17.0. The van der Waals surface area contributed by atoms with Crippen LogP contribution < -0.4 is 13.7 Å². The summed E-state index contributed by atoms with van der Waals surface area (Å²) in [5, 5.41) is 0. The standard InChI is InChI=1S/C13H21N3O4S2/c1-10(2)14-22(19,20)15-12-5-6-13(11(3)9-12)16-7-4-8-21(16,17)18/h5-6,9-10,14-15H,4,7-8H2,1-3H3. The molecule has 0 atom stereocenters. The van der Waals surface area contributed by atoms with Gasteiger partial charge in [-0.25, -0.2) is 8.42 Å². The van der Waals surface area contributed by atoms with Gasteiger partial charge in [0.2, 0.25) is 10.0 Å². The van der Waals surface area contributed by atoms with E-state index in [0.29, 0.717) is 29.9 Å². The van der Waals surface area contributed by atoms with Crippen molar-refractivity contribution in [1.29, 1.82) is 0 Å². The molecule has 1 aromatic rings. The second kappa shape index (κ2) is 6.05. The summed E-state index contributed by atoms with van der Waals surface area (Å²) in [4.78, 5) is 0. The molecule has 0 amide bonds. The van der Waals surface area contributed by atoms with E-state index < -0.39 is 20.2 Å². The Bertz CT molecular complexity index is 757. The minimum atomic E-state index is -3.64. The Balaban J connectivity index is 2.24. The summed E-state index contributed by atoms with van der Waals surface area (Å²) in [6.45, 7) is 5.68. The van der Waals surface area contributed by atoms with Crippen LogP contribution in [-0.2, 0) is 20.2 Å². The largest absolute Gasteiger partial charge is 0.299 e. The maximum absolute atomic E-state index is 12.0. The van der Waals surface area contributed by atoms with Crippen LogP contribution >= 0.6 is 0 Å². The maximum Gasteiger partial charge on any atom is 0.299 e. The molecule has 1 heterocycles. The number of aryl methyl sites for hydroxylation is 1. The molecule has 2 rings (SSSR count). The fourth-order valence-electron chi connectivity index (χ4n) is 2.40. The molecule has 0 radical (unpaired) electrons. The lowest BCUT2D eigenvalue weighted by Crippen LogP contribution is -2.35. The number of hydrogen-bond donors (Lipinski definition) is 2. The van der Waals surface area contributed by atoms with Crippen molar-refractivity contribution in [2.24, 2.45) is 0 Å². The first-order valence-corrected chi connectivity index (χ1v) is 10.1. The number of benzene rings is 1. The molecule has 1 saturated heterocycles. The molecule has 124 valence electrons. The van der Waals surface area contributed by atoms with E-state index in [2.05, 4.69) is 9.44 Å². The van der Waals surface area contributed by atoms with E-state index in [9.17, 15) is 16.8 Å². The van der Waals surface area contributed by atoms with Crippen molar-refractivity contribution in [1.82, 2.24) is 4.72 Å². The normalized spacial score (nSPS) is 17.9. The highest BCUT2D eigenvalue weighted by Crippen LogP contribution is 2.29. The van der Waals surface area contributed by atoms with Crippen molar-refractivity contribution in [3.05, 3.63) is 23.8 Å². The monoisotopic (exact) mass is 347 g/mol. The Morgan fingerprint density at radius 3 is 2.45 bits per heavy atom. The average molecular weight is 347 g/mol. The molecule has 0 spiro atoms. The zero-order valence-electron chi connectivity index (χ0n) is 12.8. The Labute approximate surface area is 131 Å². The van der Waals surface area contributed by atoms with E-state index in [0.717, 1.165) is 0 Å². The van der Waals surface area contributed by atoms with E-state index in [4.69, 9.17) is 0 Å². The minimum Gasteiger partial charge on any atom is -0.271 e. The summed E-state index contributed by atoms with van der Waals surface area (Å²) in [6.07, 6.45) is 0.606. The third-order valence-corrected chi connectivity index (χ3v) is 6.35. The van der Waals surface area contributed by atoms with Gasteiger partial charge in [0, 0.05) is 12.6 Å². The fraction of sp³-hybridized carbons (Fsp3) is 0.538. The molecule has 0 aliphatic carbocycles. The van der Waals surface area contributed by atoms with Crippen LogP contribution in [0.3, 0.4) is 0 Å². The van der Waals surface area contributed by atoms with Gasteiger partial charge in [0.25, 0.3) is 10.2 Å². The van der Waals surface area contributed by atoms with Gasteiger partial charge in [-0.2, -0.15) is 13.1 Å². The molecule has 0 saturated carbocycles. The smallest absolute Gasteiger partial charge is 0.271 e. The zero-order valence-corrected chi connectivity index (χ0v) is 14.5. The van der Waals surface area contributed by atoms with Gasteiger partial charge >= 0.3 is 0 Å². The number of hydrogen-bond acceptors (Lipinski definition) is 4. The summed E-state index contributed by atoms with van der Waals surface area (Å²) < 4.78 is 53.8. The maximum atomic E-state index is 12.0. The molecule has 0 unspecified atom stereocenters. The third kappa shape index (κ3) is 3.90.